The number of nitrogen functional groups attached to an aromatic ring is 1. The van der Waals surface area contributed by atoms with E-state index < -0.39 is 7.60 Å². The number of hydrogen-bond donors (Lipinski definition) is 2. The van der Waals surface area contributed by atoms with Crippen LogP contribution in [0.25, 0.3) is 11.2 Å². The summed E-state index contributed by atoms with van der Waals surface area (Å²) in [4.78, 5) is 12.4. The molecule has 0 aliphatic rings. The first kappa shape index (κ1) is 22.3. The monoisotopic (exact) mass is 413 g/mol. The van der Waals surface area contributed by atoms with Gasteiger partial charge in [-0.15, -0.1) is 0 Å². The van der Waals surface area contributed by atoms with Crippen LogP contribution in [-0.2, 0) is 20.2 Å². The van der Waals surface area contributed by atoms with Crippen molar-refractivity contribution in [1.29, 1.82) is 0 Å². The molecule has 0 aliphatic carbocycles. The Morgan fingerprint density at radius 3 is 2.43 bits per heavy atom. The van der Waals surface area contributed by atoms with E-state index >= 15 is 0 Å². The minimum Gasteiger partial charge on any atom is -0.479 e. The van der Waals surface area contributed by atoms with Crippen LogP contribution in [0.4, 0.5) is 5.95 Å². The molecule has 2 aromatic rings. The van der Waals surface area contributed by atoms with E-state index in [2.05, 4.69) is 15.0 Å². The van der Waals surface area contributed by atoms with Gasteiger partial charge in [-0.2, -0.15) is 9.97 Å². The zero-order chi connectivity index (χ0) is 20.9. The van der Waals surface area contributed by atoms with Gasteiger partial charge in [0, 0.05) is 18.3 Å². The Labute approximate surface area is 164 Å². The van der Waals surface area contributed by atoms with Crippen LogP contribution < -0.4 is 10.5 Å². The molecular formula is C17H28N5O5P. The third-order valence-corrected chi connectivity index (χ3v) is 5.53. The summed E-state index contributed by atoms with van der Waals surface area (Å²) < 4.78 is 30.8. The summed E-state index contributed by atoms with van der Waals surface area (Å²) in [6.07, 6.45) is 2.64. The molecule has 156 valence electrons. The fourth-order valence-corrected chi connectivity index (χ4v) is 4.37. The molecule has 3 N–H and O–H groups in total. The lowest BCUT2D eigenvalue weighted by Gasteiger charge is -2.20. The maximum absolute atomic E-state index is 12.9. The van der Waals surface area contributed by atoms with Gasteiger partial charge in [0.25, 0.3) is 0 Å². The summed E-state index contributed by atoms with van der Waals surface area (Å²) in [5, 5.41) is 9.77. The van der Waals surface area contributed by atoms with Gasteiger partial charge in [-0.3, -0.25) is 4.57 Å². The molecule has 0 bridgehead atoms. The predicted octanol–water partition coefficient (Wildman–Crippen LogP) is 2.58. The van der Waals surface area contributed by atoms with Gasteiger partial charge in [0.2, 0.25) is 11.8 Å². The third kappa shape index (κ3) is 5.75. The van der Waals surface area contributed by atoms with Crippen molar-refractivity contribution in [2.75, 3.05) is 19.5 Å². The van der Waals surface area contributed by atoms with Crippen LogP contribution in [0.2, 0.25) is 0 Å². The quantitative estimate of drug-likeness (QED) is 0.563. The van der Waals surface area contributed by atoms with Crippen LogP contribution in [0.5, 0.6) is 5.88 Å². The van der Waals surface area contributed by atoms with Crippen molar-refractivity contribution in [1.82, 2.24) is 19.5 Å². The molecule has 0 saturated carbocycles. The number of aliphatic hydroxyl groups is 1. The lowest BCUT2D eigenvalue weighted by atomic mass is 10.1. The van der Waals surface area contributed by atoms with Crippen molar-refractivity contribution >= 4 is 24.7 Å². The fraction of sp³-hybridized carbons (Fsp3) is 0.588. The predicted molar refractivity (Wildman–Crippen MR) is 106 cm³/mol. The molecule has 0 fully saturated rings. The highest BCUT2D eigenvalue weighted by Crippen LogP contribution is 2.52. The van der Waals surface area contributed by atoms with E-state index in [0.29, 0.717) is 17.7 Å². The van der Waals surface area contributed by atoms with Crippen LogP contribution >= 0.6 is 7.60 Å². The van der Waals surface area contributed by atoms with Gasteiger partial charge >= 0.3 is 7.60 Å². The second-order valence-corrected chi connectivity index (χ2v) is 8.59. The van der Waals surface area contributed by atoms with Gasteiger partial charge < -0.3 is 29.2 Å². The maximum atomic E-state index is 12.9. The largest absolute Gasteiger partial charge is 0.479 e. The van der Waals surface area contributed by atoms with Crippen LogP contribution in [0.3, 0.4) is 0 Å². The molecule has 10 nitrogen and oxygen atoms in total. The lowest BCUT2D eigenvalue weighted by molar-refractivity contribution is 0.149. The summed E-state index contributed by atoms with van der Waals surface area (Å²) in [6.45, 7) is 7.26. The highest BCUT2D eigenvalue weighted by Gasteiger charge is 2.25. The van der Waals surface area contributed by atoms with Crippen molar-refractivity contribution < 1.29 is 23.5 Å². The Kier molecular flexibility index (Phi) is 7.54. The molecule has 2 aromatic heterocycles. The zero-order valence-corrected chi connectivity index (χ0v) is 17.7. The highest BCUT2D eigenvalue weighted by molar-refractivity contribution is 7.57. The molecule has 0 aliphatic heterocycles. The lowest BCUT2D eigenvalue weighted by Crippen LogP contribution is -2.13. The smallest absolute Gasteiger partial charge is 0.354 e. The van der Waals surface area contributed by atoms with Crippen LogP contribution in [-0.4, -0.2) is 50.6 Å². The number of ether oxygens (including phenoxy) is 1. The molecule has 0 aromatic carbocycles. The van der Waals surface area contributed by atoms with Gasteiger partial charge in [-0.25, -0.2) is 4.98 Å². The van der Waals surface area contributed by atoms with Crippen molar-refractivity contribution in [3.63, 3.8) is 0 Å². The number of nitrogens with zero attached hydrogens (tertiary/aromatic N) is 4. The van der Waals surface area contributed by atoms with E-state index in [1.54, 1.807) is 44.7 Å². The second kappa shape index (κ2) is 9.47. The molecule has 11 heteroatoms. The standard InChI is InChI=1S/C17H28N5O5P/c1-11(2)26-28(24,27-12(3)4)7-6-13(9-23)8-22-10-19-14-15(22)20-17(18)21-16(14)25-5/h6-7,10-13,23H,8-9H2,1-5H3,(H2,18,20,21)/b7-6+. The molecule has 28 heavy (non-hydrogen) atoms. The van der Waals surface area contributed by atoms with E-state index in [1.807, 2.05) is 0 Å². The second-order valence-electron chi connectivity index (χ2n) is 6.79. The average Bonchev–Trinajstić information content (AvgIpc) is 2.98. The first-order valence-corrected chi connectivity index (χ1v) is 10.6. The van der Waals surface area contributed by atoms with Gasteiger partial charge in [0.05, 0.1) is 32.3 Å². The van der Waals surface area contributed by atoms with Crippen molar-refractivity contribution in [3.05, 3.63) is 18.2 Å². The third-order valence-electron chi connectivity index (χ3n) is 3.56. The van der Waals surface area contributed by atoms with E-state index in [-0.39, 0.29) is 36.6 Å². The normalized spacial score (nSPS) is 13.9. The maximum Gasteiger partial charge on any atom is 0.354 e. The Bertz CT molecular complexity index is 853. The van der Waals surface area contributed by atoms with E-state index in [0.717, 1.165) is 0 Å². The Balaban J connectivity index is 2.26. The number of fused-ring (bicyclic) bond motifs is 1. The first-order valence-electron chi connectivity index (χ1n) is 8.96. The molecule has 0 amide bonds. The molecule has 0 saturated heterocycles. The summed E-state index contributed by atoms with van der Waals surface area (Å²) in [6, 6.07) is 0. The Morgan fingerprint density at radius 2 is 1.89 bits per heavy atom. The van der Waals surface area contributed by atoms with Gasteiger partial charge in [-0.1, -0.05) is 6.08 Å². The Hall–Kier alpha value is -2.00. The SMILES string of the molecule is COc1nc(N)nc2c1ncn2CC(/C=C/P(=O)(OC(C)C)OC(C)C)CO. The van der Waals surface area contributed by atoms with Crippen LogP contribution in [0.15, 0.2) is 18.2 Å². The Morgan fingerprint density at radius 1 is 1.25 bits per heavy atom. The average molecular weight is 413 g/mol. The number of methoxy groups -OCH3 is 1. The minimum absolute atomic E-state index is 0.0577. The number of nitrogens with two attached hydrogens (primary N) is 1. The number of anilines is 1. The van der Waals surface area contributed by atoms with E-state index in [9.17, 15) is 9.67 Å². The molecule has 2 rings (SSSR count). The van der Waals surface area contributed by atoms with Crippen LogP contribution in [0, 0.1) is 5.92 Å². The van der Waals surface area contributed by atoms with Crippen molar-refractivity contribution in [3.8, 4) is 5.88 Å². The molecular weight excluding hydrogens is 385 g/mol. The fourth-order valence-electron chi connectivity index (χ4n) is 2.55. The summed E-state index contributed by atoms with van der Waals surface area (Å²) in [5.74, 6) is 1.36. The topological polar surface area (TPSA) is 135 Å². The molecule has 0 spiro atoms. The summed E-state index contributed by atoms with van der Waals surface area (Å²) in [7, 11) is -1.97. The van der Waals surface area contributed by atoms with Crippen molar-refractivity contribution in [2.24, 2.45) is 5.92 Å². The van der Waals surface area contributed by atoms with Gasteiger partial charge in [0.15, 0.2) is 11.2 Å². The van der Waals surface area contributed by atoms with Crippen LogP contribution in [0.1, 0.15) is 27.7 Å². The number of aromatic nitrogens is 4. The van der Waals surface area contributed by atoms with Crippen molar-refractivity contribution in [2.45, 2.75) is 46.4 Å². The van der Waals surface area contributed by atoms with E-state index in [4.69, 9.17) is 19.5 Å². The summed E-state index contributed by atoms with van der Waals surface area (Å²) in [5.41, 5.74) is 6.67. The summed E-state index contributed by atoms with van der Waals surface area (Å²) >= 11 is 0. The highest BCUT2D eigenvalue weighted by atomic mass is 31.2. The number of hydrogen-bond acceptors (Lipinski definition) is 9. The number of rotatable bonds is 10. The van der Waals surface area contributed by atoms with Gasteiger partial charge in [0.1, 0.15) is 0 Å². The molecule has 1 atom stereocenters. The first-order chi connectivity index (χ1) is 13.2. The number of aliphatic hydroxyl groups excluding tert-OH is 1. The molecule has 2 heterocycles. The van der Waals surface area contributed by atoms with E-state index in [1.165, 1.54) is 12.9 Å². The zero-order valence-electron chi connectivity index (χ0n) is 16.8. The minimum atomic E-state index is -3.44. The molecule has 1 unspecified atom stereocenters. The molecule has 0 radical (unpaired) electrons. The van der Waals surface area contributed by atoms with Gasteiger partial charge in [-0.05, 0) is 27.7 Å². The number of imidazole rings is 1.